The molecule has 0 saturated carbocycles. The summed E-state index contributed by atoms with van der Waals surface area (Å²) in [6.45, 7) is 0.585. The quantitative estimate of drug-likeness (QED) is 0.661. The number of benzene rings is 1. The fourth-order valence-electron chi connectivity index (χ4n) is 1.03. The fraction of sp³-hybridized carbons (Fsp3) is 0.273. The van der Waals surface area contributed by atoms with Gasteiger partial charge in [0.25, 0.3) is 0 Å². The van der Waals surface area contributed by atoms with Crippen molar-refractivity contribution in [2.45, 2.75) is 6.61 Å². The molecule has 82 valence electrons. The Morgan fingerprint density at radius 3 is 2.93 bits per heavy atom. The van der Waals surface area contributed by atoms with Crippen molar-refractivity contribution in [3.8, 4) is 0 Å². The molecule has 0 aliphatic carbocycles. The van der Waals surface area contributed by atoms with Gasteiger partial charge in [0, 0.05) is 10.0 Å². The molecule has 1 rings (SSSR count). The summed E-state index contributed by atoms with van der Waals surface area (Å²) in [6, 6.07) is 4.72. The summed E-state index contributed by atoms with van der Waals surface area (Å²) in [5, 5.41) is 8.45. The van der Waals surface area contributed by atoms with Gasteiger partial charge in [0.1, 0.15) is 5.82 Å². The molecule has 0 heterocycles. The molecule has 0 amide bonds. The maximum Gasteiger partial charge on any atom is 0.128 e. The highest BCUT2D eigenvalue weighted by Crippen LogP contribution is 2.16. The molecule has 0 unspecified atom stereocenters. The summed E-state index contributed by atoms with van der Waals surface area (Å²) in [5.41, 5.74) is 0.516. The lowest BCUT2D eigenvalue weighted by molar-refractivity contribution is 0.145. The van der Waals surface area contributed by atoms with E-state index in [9.17, 15) is 4.39 Å². The van der Waals surface area contributed by atoms with Crippen molar-refractivity contribution in [2.75, 3.05) is 13.2 Å². The first kappa shape index (κ1) is 12.4. The van der Waals surface area contributed by atoms with Crippen molar-refractivity contribution >= 4 is 15.9 Å². The maximum absolute atomic E-state index is 13.2. The molecule has 0 atom stereocenters. The van der Waals surface area contributed by atoms with Crippen molar-refractivity contribution in [2.24, 2.45) is 0 Å². The van der Waals surface area contributed by atoms with E-state index in [0.717, 1.165) is 4.47 Å². The molecule has 2 nitrogen and oxygen atoms in total. The molecule has 0 spiro atoms. The standard InChI is InChI=1S/C11H12BrFO2/c12-10-3-4-11(13)9(7-10)8-15-6-2-1-5-14/h1-4,7,14H,5-6,8H2/b2-1+. The van der Waals surface area contributed by atoms with E-state index in [1.165, 1.54) is 6.07 Å². The molecule has 0 saturated heterocycles. The van der Waals surface area contributed by atoms with Crippen LogP contribution in [0.2, 0.25) is 0 Å². The Labute approximate surface area is 96.5 Å². The summed E-state index contributed by atoms with van der Waals surface area (Å²) < 4.78 is 19.2. The zero-order valence-corrected chi connectivity index (χ0v) is 9.71. The van der Waals surface area contributed by atoms with Crippen LogP contribution in [0.1, 0.15) is 5.56 Å². The fourth-order valence-corrected chi connectivity index (χ4v) is 1.44. The van der Waals surface area contributed by atoms with E-state index in [-0.39, 0.29) is 19.0 Å². The number of hydrogen-bond donors (Lipinski definition) is 1. The van der Waals surface area contributed by atoms with Crippen LogP contribution < -0.4 is 0 Å². The minimum Gasteiger partial charge on any atom is -0.392 e. The Bertz CT molecular complexity index is 339. The topological polar surface area (TPSA) is 29.5 Å². The van der Waals surface area contributed by atoms with Gasteiger partial charge >= 0.3 is 0 Å². The number of ether oxygens (including phenoxy) is 1. The number of aliphatic hydroxyl groups excluding tert-OH is 1. The van der Waals surface area contributed by atoms with Crippen LogP contribution in [-0.4, -0.2) is 18.3 Å². The zero-order valence-electron chi connectivity index (χ0n) is 8.12. The highest BCUT2D eigenvalue weighted by molar-refractivity contribution is 9.10. The van der Waals surface area contributed by atoms with Gasteiger partial charge in [0.2, 0.25) is 0 Å². The van der Waals surface area contributed by atoms with Crippen LogP contribution in [-0.2, 0) is 11.3 Å². The second kappa shape index (κ2) is 6.71. The summed E-state index contributed by atoms with van der Waals surface area (Å²) in [7, 11) is 0. The third-order valence-electron chi connectivity index (χ3n) is 1.75. The molecule has 1 aromatic rings. The molecule has 0 aliphatic heterocycles. The molecule has 1 N–H and O–H groups in total. The van der Waals surface area contributed by atoms with Gasteiger partial charge in [-0.05, 0) is 18.2 Å². The van der Waals surface area contributed by atoms with E-state index >= 15 is 0 Å². The number of halogens is 2. The first-order valence-electron chi connectivity index (χ1n) is 4.51. The molecule has 0 fully saturated rings. The Morgan fingerprint density at radius 2 is 2.20 bits per heavy atom. The summed E-state index contributed by atoms with van der Waals surface area (Å²) in [6.07, 6.45) is 3.27. The molecule has 0 aliphatic rings. The number of hydrogen-bond acceptors (Lipinski definition) is 2. The van der Waals surface area contributed by atoms with Crippen LogP contribution in [0.3, 0.4) is 0 Å². The molecular weight excluding hydrogens is 263 g/mol. The van der Waals surface area contributed by atoms with Gasteiger partial charge < -0.3 is 9.84 Å². The van der Waals surface area contributed by atoms with Crippen LogP contribution in [0.5, 0.6) is 0 Å². The minimum atomic E-state index is -0.274. The molecule has 0 radical (unpaired) electrons. The molecular formula is C11H12BrFO2. The SMILES string of the molecule is OC/C=C/COCc1cc(Br)ccc1F. The molecule has 0 bridgehead atoms. The van der Waals surface area contributed by atoms with Crippen LogP contribution >= 0.6 is 15.9 Å². The minimum absolute atomic E-state index is 0.00535. The molecule has 1 aromatic carbocycles. The monoisotopic (exact) mass is 274 g/mol. The van der Waals surface area contributed by atoms with Crippen molar-refractivity contribution in [3.63, 3.8) is 0 Å². The maximum atomic E-state index is 13.2. The van der Waals surface area contributed by atoms with Gasteiger partial charge in [-0.3, -0.25) is 0 Å². The second-order valence-corrected chi connectivity index (χ2v) is 3.82. The van der Waals surface area contributed by atoms with Gasteiger partial charge in [0.05, 0.1) is 19.8 Å². The van der Waals surface area contributed by atoms with Crippen LogP contribution in [0, 0.1) is 5.82 Å². The number of aliphatic hydroxyl groups is 1. The van der Waals surface area contributed by atoms with E-state index in [2.05, 4.69) is 15.9 Å². The highest BCUT2D eigenvalue weighted by atomic mass is 79.9. The lowest BCUT2D eigenvalue weighted by atomic mass is 10.2. The predicted molar refractivity (Wildman–Crippen MR) is 60.0 cm³/mol. The van der Waals surface area contributed by atoms with E-state index in [0.29, 0.717) is 12.2 Å². The van der Waals surface area contributed by atoms with Crippen LogP contribution in [0.4, 0.5) is 4.39 Å². The van der Waals surface area contributed by atoms with Crippen molar-refractivity contribution in [3.05, 3.63) is 46.2 Å². The Kier molecular flexibility index (Phi) is 5.53. The Hall–Kier alpha value is -0.710. The first-order valence-corrected chi connectivity index (χ1v) is 5.31. The average Bonchev–Trinajstić information content (AvgIpc) is 2.23. The first-order chi connectivity index (χ1) is 7.24. The van der Waals surface area contributed by atoms with E-state index in [1.807, 2.05) is 0 Å². The predicted octanol–water partition coefficient (Wildman–Crippen LogP) is 2.65. The molecule has 0 aromatic heterocycles. The van der Waals surface area contributed by atoms with E-state index < -0.39 is 0 Å². The smallest absolute Gasteiger partial charge is 0.128 e. The van der Waals surface area contributed by atoms with Gasteiger partial charge in [-0.2, -0.15) is 0 Å². The average molecular weight is 275 g/mol. The number of rotatable bonds is 5. The molecule has 15 heavy (non-hydrogen) atoms. The largest absolute Gasteiger partial charge is 0.392 e. The van der Waals surface area contributed by atoms with E-state index in [4.69, 9.17) is 9.84 Å². The zero-order chi connectivity index (χ0) is 11.1. The summed E-state index contributed by atoms with van der Waals surface area (Å²) in [4.78, 5) is 0. The van der Waals surface area contributed by atoms with E-state index in [1.54, 1.807) is 24.3 Å². The Morgan fingerprint density at radius 1 is 1.40 bits per heavy atom. The lowest BCUT2D eigenvalue weighted by Gasteiger charge is -2.03. The molecule has 4 heteroatoms. The second-order valence-electron chi connectivity index (χ2n) is 2.90. The third-order valence-corrected chi connectivity index (χ3v) is 2.24. The lowest BCUT2D eigenvalue weighted by Crippen LogP contribution is -1.96. The Balaban J connectivity index is 2.43. The van der Waals surface area contributed by atoms with Gasteiger partial charge in [-0.25, -0.2) is 4.39 Å². The van der Waals surface area contributed by atoms with Crippen LogP contribution in [0.15, 0.2) is 34.8 Å². The van der Waals surface area contributed by atoms with Crippen molar-refractivity contribution < 1.29 is 14.2 Å². The van der Waals surface area contributed by atoms with Gasteiger partial charge in [0.15, 0.2) is 0 Å². The highest BCUT2D eigenvalue weighted by Gasteiger charge is 2.01. The van der Waals surface area contributed by atoms with Crippen LogP contribution in [0.25, 0.3) is 0 Å². The van der Waals surface area contributed by atoms with Crippen molar-refractivity contribution in [1.82, 2.24) is 0 Å². The van der Waals surface area contributed by atoms with Crippen molar-refractivity contribution in [1.29, 1.82) is 0 Å². The summed E-state index contributed by atoms with van der Waals surface area (Å²) >= 11 is 3.26. The normalized spacial score (nSPS) is 11.1. The van der Waals surface area contributed by atoms with Gasteiger partial charge in [-0.1, -0.05) is 28.1 Å². The third kappa shape index (κ3) is 4.55. The van der Waals surface area contributed by atoms with Gasteiger partial charge in [-0.15, -0.1) is 0 Å². The summed E-state index contributed by atoms with van der Waals surface area (Å²) in [5.74, 6) is -0.274.